The van der Waals surface area contributed by atoms with Crippen LogP contribution in [0.1, 0.15) is 56.6 Å². The molecule has 0 amide bonds. The van der Waals surface area contributed by atoms with Crippen molar-refractivity contribution >= 4 is 0 Å². The average molecular weight is 404 g/mol. The third-order valence-electron chi connectivity index (χ3n) is 5.41. The van der Waals surface area contributed by atoms with Crippen LogP contribution in [0.15, 0.2) is 36.4 Å². The number of rotatable bonds is 9. The van der Waals surface area contributed by atoms with Gasteiger partial charge in [-0.1, -0.05) is 38.5 Å². The monoisotopic (exact) mass is 404 g/mol. The summed E-state index contributed by atoms with van der Waals surface area (Å²) in [5, 5.41) is 0. The molecule has 158 valence electrons. The van der Waals surface area contributed by atoms with Crippen LogP contribution in [0.2, 0.25) is 0 Å². The van der Waals surface area contributed by atoms with Crippen molar-refractivity contribution in [1.82, 2.24) is 0 Å². The molecule has 2 unspecified atom stereocenters. The predicted octanol–water partition coefficient (Wildman–Crippen LogP) is 6.05. The molecule has 5 heteroatoms. The summed E-state index contributed by atoms with van der Waals surface area (Å²) in [6.45, 7) is 5.34. The molecule has 2 atom stereocenters. The van der Waals surface area contributed by atoms with Gasteiger partial charge in [-0.15, -0.1) is 0 Å². The molecule has 1 heterocycles. The lowest BCUT2D eigenvalue weighted by Gasteiger charge is -2.29. The van der Waals surface area contributed by atoms with Crippen LogP contribution in [0.5, 0.6) is 11.5 Å². The summed E-state index contributed by atoms with van der Waals surface area (Å²) in [5.74, 6) is -1.08. The van der Waals surface area contributed by atoms with Crippen molar-refractivity contribution in [3.63, 3.8) is 0 Å². The van der Waals surface area contributed by atoms with Crippen molar-refractivity contribution in [2.24, 2.45) is 0 Å². The molecule has 0 aliphatic carbocycles. The molecule has 0 bridgehead atoms. The third-order valence-corrected chi connectivity index (χ3v) is 5.41. The van der Waals surface area contributed by atoms with E-state index in [0.29, 0.717) is 25.4 Å². The van der Waals surface area contributed by atoms with Crippen LogP contribution in [0.3, 0.4) is 0 Å². The molecule has 0 aromatic heterocycles. The zero-order chi connectivity index (χ0) is 20.6. The highest BCUT2D eigenvalue weighted by molar-refractivity contribution is 5.33. The Hall–Kier alpha value is -2.14. The number of unbranched alkanes of at least 4 members (excludes halogenated alkanes) is 1. The summed E-state index contributed by atoms with van der Waals surface area (Å²) >= 11 is 0. The average Bonchev–Trinajstić information content (AvgIpc) is 2.76. The topological polar surface area (TPSA) is 27.7 Å². The van der Waals surface area contributed by atoms with E-state index in [2.05, 4.69) is 19.1 Å². The molecule has 0 saturated carbocycles. The largest absolute Gasteiger partial charge is 0.491 e. The first-order valence-corrected chi connectivity index (χ1v) is 10.6. The van der Waals surface area contributed by atoms with Crippen LogP contribution < -0.4 is 9.47 Å². The fraction of sp³-hybridized carbons (Fsp3) is 0.500. The lowest BCUT2D eigenvalue weighted by molar-refractivity contribution is -0.0218. The van der Waals surface area contributed by atoms with Crippen molar-refractivity contribution in [2.45, 2.75) is 58.0 Å². The van der Waals surface area contributed by atoms with E-state index in [0.717, 1.165) is 37.9 Å². The van der Waals surface area contributed by atoms with Crippen LogP contribution in [0, 0.1) is 11.6 Å². The number of hydrogen-bond acceptors (Lipinski definition) is 3. The summed E-state index contributed by atoms with van der Waals surface area (Å²) in [6.07, 6.45) is 4.18. The van der Waals surface area contributed by atoms with Gasteiger partial charge in [0, 0.05) is 5.92 Å². The zero-order valence-electron chi connectivity index (χ0n) is 17.3. The Morgan fingerprint density at radius 3 is 2.41 bits per heavy atom. The Labute approximate surface area is 172 Å². The molecule has 0 N–H and O–H groups in total. The molecule has 1 aliphatic rings. The second kappa shape index (κ2) is 10.6. The minimum atomic E-state index is -0.903. The molecule has 1 saturated heterocycles. The molecule has 3 rings (SSSR count). The Bertz CT molecular complexity index is 768. The second-order valence-electron chi connectivity index (χ2n) is 7.52. The van der Waals surface area contributed by atoms with Crippen molar-refractivity contribution in [2.75, 3.05) is 19.8 Å². The Balaban J connectivity index is 1.51. The van der Waals surface area contributed by atoms with Crippen molar-refractivity contribution in [3.05, 3.63) is 59.2 Å². The number of benzene rings is 2. The van der Waals surface area contributed by atoms with Gasteiger partial charge in [-0.2, -0.15) is 4.39 Å². The van der Waals surface area contributed by atoms with Gasteiger partial charge in [0.05, 0.1) is 19.3 Å². The first-order valence-electron chi connectivity index (χ1n) is 10.6. The minimum absolute atomic E-state index is 0.0169. The van der Waals surface area contributed by atoms with E-state index >= 15 is 0 Å². The van der Waals surface area contributed by atoms with E-state index in [1.807, 2.05) is 19.1 Å². The minimum Gasteiger partial charge on any atom is -0.491 e. The maximum Gasteiger partial charge on any atom is 0.200 e. The van der Waals surface area contributed by atoms with E-state index in [1.165, 1.54) is 11.6 Å². The van der Waals surface area contributed by atoms with Gasteiger partial charge in [0.15, 0.2) is 11.6 Å². The van der Waals surface area contributed by atoms with Gasteiger partial charge >= 0.3 is 0 Å². The Morgan fingerprint density at radius 2 is 1.76 bits per heavy atom. The zero-order valence-corrected chi connectivity index (χ0v) is 17.3. The van der Waals surface area contributed by atoms with Gasteiger partial charge in [-0.3, -0.25) is 0 Å². The molecule has 1 aliphatic heterocycles. The third kappa shape index (κ3) is 5.69. The lowest BCUT2D eigenvalue weighted by Crippen LogP contribution is -2.30. The van der Waals surface area contributed by atoms with Crippen LogP contribution in [-0.4, -0.2) is 25.9 Å². The van der Waals surface area contributed by atoms with Crippen molar-refractivity contribution < 1.29 is 23.0 Å². The normalized spacial score (nSPS) is 19.2. The van der Waals surface area contributed by atoms with E-state index < -0.39 is 11.6 Å². The summed E-state index contributed by atoms with van der Waals surface area (Å²) in [4.78, 5) is 0. The van der Waals surface area contributed by atoms with E-state index in [9.17, 15) is 8.78 Å². The Morgan fingerprint density at radius 1 is 0.966 bits per heavy atom. The molecule has 2 aromatic rings. The number of halogens is 2. The van der Waals surface area contributed by atoms with Gasteiger partial charge in [0.1, 0.15) is 12.4 Å². The highest BCUT2D eigenvalue weighted by Gasteiger charge is 2.27. The van der Waals surface area contributed by atoms with Crippen LogP contribution in [0.4, 0.5) is 8.78 Å². The lowest BCUT2D eigenvalue weighted by atomic mass is 9.91. The van der Waals surface area contributed by atoms with Crippen LogP contribution >= 0.6 is 0 Å². The van der Waals surface area contributed by atoms with Crippen LogP contribution in [-0.2, 0) is 11.2 Å². The first-order chi connectivity index (χ1) is 14.1. The molecule has 0 spiro atoms. The van der Waals surface area contributed by atoms with E-state index in [1.54, 1.807) is 6.07 Å². The highest BCUT2D eigenvalue weighted by atomic mass is 19.2. The fourth-order valence-electron chi connectivity index (χ4n) is 3.49. The summed E-state index contributed by atoms with van der Waals surface area (Å²) in [6, 6.07) is 11.2. The maximum atomic E-state index is 14.5. The molecule has 1 fully saturated rings. The van der Waals surface area contributed by atoms with E-state index in [-0.39, 0.29) is 17.8 Å². The number of hydrogen-bond donors (Lipinski definition) is 0. The summed E-state index contributed by atoms with van der Waals surface area (Å²) < 4.78 is 45.9. The van der Waals surface area contributed by atoms with Crippen molar-refractivity contribution in [3.8, 4) is 11.5 Å². The maximum absolute atomic E-state index is 14.5. The fourth-order valence-corrected chi connectivity index (χ4v) is 3.49. The highest BCUT2D eigenvalue weighted by Crippen LogP contribution is 2.33. The summed E-state index contributed by atoms with van der Waals surface area (Å²) in [7, 11) is 0. The number of aryl methyl sites for hydroxylation is 1. The SMILES string of the molecule is CCCCOc1ccc(C2CCC(COc3ccc(CC)cc3)OC2)c(F)c1F. The van der Waals surface area contributed by atoms with Gasteiger partial charge < -0.3 is 14.2 Å². The molecule has 0 radical (unpaired) electrons. The van der Waals surface area contributed by atoms with Gasteiger partial charge in [-0.25, -0.2) is 4.39 Å². The molecule has 29 heavy (non-hydrogen) atoms. The van der Waals surface area contributed by atoms with Crippen LogP contribution in [0.25, 0.3) is 0 Å². The molecular formula is C24H30F2O3. The van der Waals surface area contributed by atoms with E-state index in [4.69, 9.17) is 14.2 Å². The molecule has 3 nitrogen and oxygen atoms in total. The van der Waals surface area contributed by atoms with Gasteiger partial charge in [-0.05, 0) is 55.0 Å². The number of ether oxygens (including phenoxy) is 3. The Kier molecular flexibility index (Phi) is 7.87. The molecule has 2 aromatic carbocycles. The van der Waals surface area contributed by atoms with Gasteiger partial charge in [0.25, 0.3) is 0 Å². The predicted molar refractivity (Wildman–Crippen MR) is 110 cm³/mol. The standard InChI is InChI=1S/C24H30F2O3/c1-3-5-14-27-22-13-12-21(23(25)24(22)26)18-8-11-20(28-15-18)16-29-19-9-6-17(4-2)7-10-19/h6-7,9-10,12-13,18,20H,3-5,8,11,14-16H2,1-2H3. The van der Waals surface area contributed by atoms with Crippen molar-refractivity contribution in [1.29, 1.82) is 0 Å². The smallest absolute Gasteiger partial charge is 0.200 e. The first kappa shape index (κ1) is 21.6. The quantitative estimate of drug-likeness (QED) is 0.476. The summed E-state index contributed by atoms with van der Waals surface area (Å²) in [5.41, 5.74) is 1.63. The van der Waals surface area contributed by atoms with Gasteiger partial charge in [0.2, 0.25) is 5.82 Å². The second-order valence-corrected chi connectivity index (χ2v) is 7.52. The molecular weight excluding hydrogens is 374 g/mol.